The molecule has 3 rings (SSSR count). The average Bonchev–Trinajstić information content (AvgIpc) is 2.84. The Kier molecular flexibility index (Phi) is 4.38. The Balaban J connectivity index is 2.06. The smallest absolute Gasteiger partial charge is 0.338 e. The third kappa shape index (κ3) is 3.24. The summed E-state index contributed by atoms with van der Waals surface area (Å²) in [6, 6.07) is 4.30. The van der Waals surface area contributed by atoms with Gasteiger partial charge < -0.3 is 4.74 Å². The Hall–Kier alpha value is -2.28. The maximum Gasteiger partial charge on any atom is 0.338 e. The summed E-state index contributed by atoms with van der Waals surface area (Å²) in [5, 5.41) is 11.9. The van der Waals surface area contributed by atoms with Crippen molar-refractivity contribution in [3.05, 3.63) is 44.4 Å². The number of aryl methyl sites for hydroxylation is 2. The normalized spacial score (nSPS) is 14.0. The molecule has 1 aliphatic carbocycles. The van der Waals surface area contributed by atoms with E-state index in [0.29, 0.717) is 5.56 Å². The number of nitro groups is 1. The van der Waals surface area contributed by atoms with Crippen LogP contribution in [0.3, 0.4) is 0 Å². The van der Waals surface area contributed by atoms with E-state index in [0.717, 1.165) is 36.4 Å². The summed E-state index contributed by atoms with van der Waals surface area (Å²) in [6.07, 6.45) is 5.44. The maximum atomic E-state index is 11.7. The second kappa shape index (κ2) is 6.45. The number of thiazole rings is 1. The van der Waals surface area contributed by atoms with Crippen LogP contribution in [0.2, 0.25) is 0 Å². The lowest BCUT2D eigenvalue weighted by Crippen LogP contribution is -2.02. The van der Waals surface area contributed by atoms with Gasteiger partial charge in [0.2, 0.25) is 0 Å². The molecule has 120 valence electrons. The number of esters is 1. The molecule has 0 unspecified atom stereocenters. The van der Waals surface area contributed by atoms with Crippen LogP contribution in [0.5, 0.6) is 0 Å². The zero-order valence-electron chi connectivity index (χ0n) is 12.7. The summed E-state index contributed by atoms with van der Waals surface area (Å²) in [4.78, 5) is 28.3. The first-order valence-corrected chi connectivity index (χ1v) is 8.27. The molecule has 1 aliphatic rings. The minimum Gasteiger partial charge on any atom is -0.465 e. The van der Waals surface area contributed by atoms with Crippen LogP contribution in [0.25, 0.3) is 10.6 Å². The highest BCUT2D eigenvalue weighted by atomic mass is 32.1. The van der Waals surface area contributed by atoms with Crippen molar-refractivity contribution in [3.63, 3.8) is 0 Å². The highest BCUT2D eigenvalue weighted by molar-refractivity contribution is 7.15. The van der Waals surface area contributed by atoms with Crippen LogP contribution in [0.4, 0.5) is 5.69 Å². The fraction of sp³-hybridized carbons (Fsp3) is 0.375. The molecule has 0 saturated carbocycles. The molecule has 0 bridgehead atoms. The lowest BCUT2D eigenvalue weighted by molar-refractivity contribution is -0.384. The Morgan fingerprint density at radius 1 is 1.26 bits per heavy atom. The summed E-state index contributed by atoms with van der Waals surface area (Å²) in [7, 11) is 1.26. The predicted molar refractivity (Wildman–Crippen MR) is 86.8 cm³/mol. The van der Waals surface area contributed by atoms with Crippen molar-refractivity contribution in [2.45, 2.75) is 32.1 Å². The number of benzene rings is 1. The van der Waals surface area contributed by atoms with E-state index in [1.54, 1.807) is 17.4 Å². The minimum absolute atomic E-state index is 0.131. The first-order chi connectivity index (χ1) is 11.1. The molecule has 6 nitrogen and oxygen atoms in total. The topological polar surface area (TPSA) is 82.3 Å². The zero-order valence-corrected chi connectivity index (χ0v) is 13.5. The van der Waals surface area contributed by atoms with Crippen LogP contribution in [-0.2, 0) is 17.6 Å². The Labute approximate surface area is 137 Å². The number of carbonyl (C=O) groups is 1. The van der Waals surface area contributed by atoms with E-state index < -0.39 is 10.9 Å². The molecule has 0 saturated heterocycles. The Morgan fingerprint density at radius 2 is 2.04 bits per heavy atom. The van der Waals surface area contributed by atoms with E-state index in [9.17, 15) is 14.9 Å². The molecule has 2 aromatic rings. The van der Waals surface area contributed by atoms with E-state index in [2.05, 4.69) is 9.72 Å². The van der Waals surface area contributed by atoms with Crippen LogP contribution in [-0.4, -0.2) is 23.0 Å². The van der Waals surface area contributed by atoms with Gasteiger partial charge in [-0.2, -0.15) is 0 Å². The molecule has 7 heteroatoms. The predicted octanol–water partition coefficient (Wildman–Crippen LogP) is 3.77. The van der Waals surface area contributed by atoms with Crippen LogP contribution in [0.15, 0.2) is 18.2 Å². The molecule has 0 N–H and O–H groups in total. The number of hydrogen-bond acceptors (Lipinski definition) is 6. The third-order valence-electron chi connectivity index (χ3n) is 3.89. The van der Waals surface area contributed by atoms with Crippen molar-refractivity contribution in [3.8, 4) is 10.6 Å². The number of fused-ring (bicyclic) bond motifs is 1. The molecule has 0 spiro atoms. The number of nitrogens with zero attached hydrogens (tertiary/aromatic N) is 2. The van der Waals surface area contributed by atoms with Gasteiger partial charge >= 0.3 is 5.97 Å². The lowest BCUT2D eigenvalue weighted by Gasteiger charge is -2.03. The van der Waals surface area contributed by atoms with Gasteiger partial charge in [0, 0.05) is 22.6 Å². The molecule has 0 aliphatic heterocycles. The SMILES string of the molecule is COC(=O)c1cc(-c2nc3c(s2)CCCCC3)cc([N+](=O)[O-])c1. The van der Waals surface area contributed by atoms with Gasteiger partial charge in [0.1, 0.15) is 5.01 Å². The molecular formula is C16H16N2O4S. The van der Waals surface area contributed by atoms with E-state index in [-0.39, 0.29) is 11.3 Å². The van der Waals surface area contributed by atoms with E-state index in [1.165, 1.54) is 30.5 Å². The Bertz CT molecular complexity index is 746. The number of ether oxygens (including phenoxy) is 1. The Morgan fingerprint density at radius 3 is 2.78 bits per heavy atom. The van der Waals surface area contributed by atoms with E-state index in [1.807, 2.05) is 0 Å². The molecule has 0 radical (unpaired) electrons. The number of rotatable bonds is 3. The van der Waals surface area contributed by atoms with Crippen LogP contribution >= 0.6 is 11.3 Å². The first-order valence-electron chi connectivity index (χ1n) is 7.45. The minimum atomic E-state index is -0.590. The van der Waals surface area contributed by atoms with Gasteiger partial charge in [-0.3, -0.25) is 10.1 Å². The van der Waals surface area contributed by atoms with Crippen molar-refractivity contribution in [1.29, 1.82) is 0 Å². The molecule has 0 fully saturated rings. The third-order valence-corrected chi connectivity index (χ3v) is 5.10. The van der Waals surface area contributed by atoms with E-state index >= 15 is 0 Å². The fourth-order valence-electron chi connectivity index (χ4n) is 2.73. The van der Waals surface area contributed by atoms with Crippen molar-refractivity contribution in [2.24, 2.45) is 0 Å². The number of aromatic nitrogens is 1. The van der Waals surface area contributed by atoms with Crippen LogP contribution in [0, 0.1) is 10.1 Å². The van der Waals surface area contributed by atoms with Crippen LogP contribution < -0.4 is 0 Å². The summed E-state index contributed by atoms with van der Waals surface area (Å²) < 4.78 is 4.68. The summed E-state index contributed by atoms with van der Waals surface area (Å²) >= 11 is 1.56. The average molecular weight is 332 g/mol. The number of non-ortho nitro benzene ring substituents is 1. The summed E-state index contributed by atoms with van der Waals surface area (Å²) in [6.45, 7) is 0. The monoisotopic (exact) mass is 332 g/mol. The molecular weight excluding hydrogens is 316 g/mol. The van der Waals surface area contributed by atoms with Crippen molar-refractivity contribution in [2.75, 3.05) is 7.11 Å². The zero-order chi connectivity index (χ0) is 16.4. The molecule has 1 aromatic heterocycles. The van der Waals surface area contributed by atoms with E-state index in [4.69, 9.17) is 0 Å². The highest BCUT2D eigenvalue weighted by Gasteiger charge is 2.20. The van der Waals surface area contributed by atoms with Gasteiger partial charge in [-0.25, -0.2) is 9.78 Å². The number of carbonyl (C=O) groups excluding carboxylic acids is 1. The quantitative estimate of drug-likeness (QED) is 0.370. The summed E-state index contributed by atoms with van der Waals surface area (Å²) in [5.74, 6) is -0.590. The maximum absolute atomic E-state index is 11.7. The lowest BCUT2D eigenvalue weighted by atomic mass is 10.1. The number of methoxy groups -OCH3 is 1. The van der Waals surface area contributed by atoms with Gasteiger partial charge in [-0.05, 0) is 31.7 Å². The largest absolute Gasteiger partial charge is 0.465 e. The second-order valence-electron chi connectivity index (χ2n) is 5.47. The molecule has 1 heterocycles. The molecule has 0 atom stereocenters. The fourth-order valence-corrected chi connectivity index (χ4v) is 3.86. The molecule has 1 aromatic carbocycles. The van der Waals surface area contributed by atoms with Crippen molar-refractivity contribution in [1.82, 2.24) is 4.98 Å². The summed E-state index contributed by atoms with van der Waals surface area (Å²) in [5.41, 5.74) is 1.72. The molecule has 0 amide bonds. The van der Waals surface area contributed by atoms with Crippen molar-refractivity contribution < 1.29 is 14.5 Å². The standard InChI is InChI=1S/C16H16N2O4S/c1-22-16(19)11-7-10(8-12(9-11)18(20)21)15-17-13-5-3-2-4-6-14(13)23-15/h7-9H,2-6H2,1H3. The first kappa shape index (κ1) is 15.6. The van der Waals surface area contributed by atoms with Gasteiger partial charge in [0.05, 0.1) is 23.3 Å². The van der Waals surface area contributed by atoms with Crippen molar-refractivity contribution >= 4 is 23.0 Å². The van der Waals surface area contributed by atoms with Gasteiger partial charge in [-0.1, -0.05) is 6.42 Å². The second-order valence-corrected chi connectivity index (χ2v) is 6.55. The van der Waals surface area contributed by atoms with Gasteiger partial charge in [0.15, 0.2) is 0 Å². The molecule has 23 heavy (non-hydrogen) atoms. The van der Waals surface area contributed by atoms with Crippen LogP contribution in [0.1, 0.15) is 40.2 Å². The van der Waals surface area contributed by atoms with Gasteiger partial charge in [0.25, 0.3) is 5.69 Å². The number of nitro benzene ring substituents is 1. The van der Waals surface area contributed by atoms with Gasteiger partial charge in [-0.15, -0.1) is 11.3 Å². The highest BCUT2D eigenvalue weighted by Crippen LogP contribution is 2.34. The number of hydrogen-bond donors (Lipinski definition) is 0.